The first kappa shape index (κ1) is 5.64. The molecule has 3 heterocycles. The van der Waals surface area contributed by atoms with Crippen molar-refractivity contribution in [1.82, 2.24) is 9.97 Å². The minimum Gasteiger partial charge on any atom is -0.425 e. The van der Waals surface area contributed by atoms with Crippen LogP contribution < -0.4 is 11.1 Å². The van der Waals surface area contributed by atoms with Gasteiger partial charge in [0, 0.05) is 0 Å². The van der Waals surface area contributed by atoms with Crippen molar-refractivity contribution >= 4 is 22.6 Å². The van der Waals surface area contributed by atoms with E-state index in [9.17, 15) is 9.59 Å². The van der Waals surface area contributed by atoms with Crippen molar-refractivity contribution in [2.24, 2.45) is 0 Å². The van der Waals surface area contributed by atoms with Crippen LogP contribution in [0.1, 0.15) is 0 Å². The van der Waals surface area contributed by atoms with Crippen molar-refractivity contribution in [3.8, 4) is 0 Å². The van der Waals surface area contributed by atoms with E-state index < -0.39 is 0 Å². The third-order valence-corrected chi connectivity index (χ3v) is 1.69. The van der Waals surface area contributed by atoms with Gasteiger partial charge in [0.05, 0.1) is 0 Å². The van der Waals surface area contributed by atoms with E-state index in [2.05, 4.69) is 9.97 Å². The molecule has 0 radical (unpaired) electrons. The van der Waals surface area contributed by atoms with E-state index in [0.29, 0.717) is 0 Å². The van der Waals surface area contributed by atoms with Gasteiger partial charge in [-0.1, -0.05) is 0 Å². The van der Waals surface area contributed by atoms with Crippen LogP contribution in [0.25, 0.3) is 22.6 Å². The summed E-state index contributed by atoms with van der Waals surface area (Å²) in [6.45, 7) is 0. The fraction of sp³-hybridized carbons (Fsp3) is 0. The number of hydrogen-bond acceptors (Lipinski definition) is 4. The Bertz CT molecular complexity index is 593. The highest BCUT2D eigenvalue weighted by molar-refractivity contribution is 5.77. The molecule has 0 unspecified atom stereocenters. The molecule has 6 heteroatoms. The number of fused-ring (bicyclic) bond motifs is 2. The molecular weight excluding hydrogens is 164 g/mol. The molecule has 12 heavy (non-hydrogen) atoms. The van der Waals surface area contributed by atoms with E-state index in [4.69, 9.17) is 8.83 Å². The Kier molecular flexibility index (Phi) is 0.681. The Balaban J connectivity index is 2.61. The van der Waals surface area contributed by atoms with Crippen LogP contribution in [0, 0.1) is 0 Å². The third kappa shape index (κ3) is 0.439. The maximum Gasteiger partial charge on any atom is 0.299 e. The lowest BCUT2D eigenvalue weighted by molar-refractivity contribution is 0.532. The zero-order valence-electron chi connectivity index (χ0n) is 5.63. The second-order valence-corrected chi connectivity index (χ2v) is 2.43. The molecule has 3 aromatic heterocycles. The summed E-state index contributed by atoms with van der Waals surface area (Å²) in [7, 11) is 0. The average molecular weight is 166 g/mol. The largest absolute Gasteiger partial charge is 0.425 e. The molecule has 0 aliphatic heterocycles. The second-order valence-electron chi connectivity index (χ2n) is 2.43. The van der Waals surface area contributed by atoms with Gasteiger partial charge in [0.1, 0.15) is 0 Å². The molecule has 0 bridgehead atoms. The molecule has 0 aromatic carbocycles. The Hall–Kier alpha value is -1.98. The van der Waals surface area contributed by atoms with E-state index in [1.54, 1.807) is 0 Å². The van der Waals surface area contributed by atoms with Gasteiger partial charge in [-0.3, -0.25) is 19.6 Å². The molecular formula is C6H2N2O4. The van der Waals surface area contributed by atoms with Gasteiger partial charge in [-0.15, -0.1) is 0 Å². The van der Waals surface area contributed by atoms with Gasteiger partial charge >= 0.3 is 0 Å². The normalized spacial score (nSPS) is 12.0. The van der Waals surface area contributed by atoms with Crippen molar-refractivity contribution in [3.63, 3.8) is 0 Å². The van der Waals surface area contributed by atoms with Crippen LogP contribution in [0.5, 0.6) is 0 Å². The van der Waals surface area contributed by atoms with E-state index >= 15 is 0 Å². The topological polar surface area (TPSA) is 92.0 Å². The molecule has 0 saturated carbocycles. The minimum absolute atomic E-state index is 0.119. The van der Waals surface area contributed by atoms with E-state index in [1.165, 1.54) is 0 Å². The number of H-pyrrole nitrogens is 2. The highest BCUT2D eigenvalue weighted by atomic mass is 16.4. The van der Waals surface area contributed by atoms with Gasteiger partial charge in [-0.05, 0) is 0 Å². The summed E-state index contributed by atoms with van der Waals surface area (Å²) in [6.07, 6.45) is 0. The third-order valence-electron chi connectivity index (χ3n) is 1.69. The van der Waals surface area contributed by atoms with Gasteiger partial charge in [-0.2, -0.15) is 0 Å². The van der Waals surface area contributed by atoms with Crippen molar-refractivity contribution in [2.45, 2.75) is 0 Å². The molecule has 0 spiro atoms. The highest BCUT2D eigenvalue weighted by Crippen LogP contribution is 2.16. The number of aromatic amines is 2. The number of hydrogen-bond donors (Lipinski definition) is 2. The lowest BCUT2D eigenvalue weighted by atomic mass is 10.5. The second kappa shape index (κ2) is 1.45. The van der Waals surface area contributed by atoms with Crippen LogP contribution >= 0.6 is 0 Å². The fourth-order valence-electron chi connectivity index (χ4n) is 1.05. The van der Waals surface area contributed by atoms with Crippen molar-refractivity contribution in [2.75, 3.05) is 0 Å². The standard InChI is InChI=1S/C6H2N2O4/c9-3-1-5(7-3)12-2-4(10)8-6(2)11-1/h(H,7,9)(H,8,10). The van der Waals surface area contributed by atoms with Crippen LogP contribution in [0.15, 0.2) is 18.4 Å². The van der Waals surface area contributed by atoms with Gasteiger partial charge in [-0.25, -0.2) is 0 Å². The van der Waals surface area contributed by atoms with Gasteiger partial charge < -0.3 is 8.83 Å². The first-order valence-corrected chi connectivity index (χ1v) is 3.22. The fourth-order valence-corrected chi connectivity index (χ4v) is 1.05. The van der Waals surface area contributed by atoms with Crippen LogP contribution in [0.3, 0.4) is 0 Å². The summed E-state index contributed by atoms with van der Waals surface area (Å²) in [5.41, 5.74) is 0.0000907. The minimum atomic E-state index is -0.335. The van der Waals surface area contributed by atoms with E-state index in [0.717, 1.165) is 0 Å². The summed E-state index contributed by atoms with van der Waals surface area (Å²) in [5.74, 6) is 0. The predicted octanol–water partition coefficient (Wildman–Crippen LogP) is -0.00660. The van der Waals surface area contributed by atoms with E-state index in [1.807, 2.05) is 0 Å². The van der Waals surface area contributed by atoms with Crippen LogP contribution in [-0.4, -0.2) is 9.97 Å². The SMILES string of the molecule is O=c1[nH]c2oc3c(=O)[nH]c3oc12. The highest BCUT2D eigenvalue weighted by Gasteiger charge is 2.16. The Morgan fingerprint density at radius 3 is 1.58 bits per heavy atom. The Labute approximate surface area is 63.1 Å². The molecule has 0 fully saturated rings. The van der Waals surface area contributed by atoms with Crippen molar-refractivity contribution in [1.29, 1.82) is 0 Å². The molecule has 60 valence electrons. The monoisotopic (exact) mass is 166 g/mol. The van der Waals surface area contributed by atoms with Crippen LogP contribution in [-0.2, 0) is 0 Å². The number of nitrogens with one attached hydrogen (secondary N) is 2. The number of rotatable bonds is 0. The first-order chi connectivity index (χ1) is 5.75. The summed E-state index contributed by atoms with van der Waals surface area (Å²) < 4.78 is 9.91. The molecule has 0 saturated heterocycles. The molecule has 0 atom stereocenters. The summed E-state index contributed by atoms with van der Waals surface area (Å²) in [4.78, 5) is 26.1. The Morgan fingerprint density at radius 2 is 1.25 bits per heavy atom. The average Bonchev–Trinajstić information content (AvgIpc) is 2.04. The van der Waals surface area contributed by atoms with Gasteiger partial charge in [0.25, 0.3) is 22.3 Å². The van der Waals surface area contributed by atoms with E-state index in [-0.39, 0.29) is 33.7 Å². The maximum atomic E-state index is 10.7. The number of aromatic nitrogens is 2. The first-order valence-electron chi connectivity index (χ1n) is 3.22. The predicted molar refractivity (Wildman–Crippen MR) is 38.4 cm³/mol. The zero-order valence-corrected chi connectivity index (χ0v) is 5.63. The summed E-state index contributed by atoms with van der Waals surface area (Å²) in [5, 5.41) is 0. The molecule has 0 amide bonds. The summed E-state index contributed by atoms with van der Waals surface area (Å²) in [6, 6.07) is 0. The molecule has 0 aliphatic carbocycles. The van der Waals surface area contributed by atoms with Gasteiger partial charge in [0.15, 0.2) is 0 Å². The lowest BCUT2D eigenvalue weighted by Crippen LogP contribution is -2.17. The van der Waals surface area contributed by atoms with Gasteiger partial charge in [0.2, 0.25) is 11.4 Å². The Morgan fingerprint density at radius 1 is 0.833 bits per heavy atom. The van der Waals surface area contributed by atoms with Crippen LogP contribution in [0.2, 0.25) is 0 Å². The molecule has 3 aromatic rings. The smallest absolute Gasteiger partial charge is 0.299 e. The molecule has 2 N–H and O–H groups in total. The van der Waals surface area contributed by atoms with Crippen LogP contribution in [0.4, 0.5) is 0 Å². The van der Waals surface area contributed by atoms with Crippen molar-refractivity contribution < 1.29 is 8.83 Å². The van der Waals surface area contributed by atoms with Crippen molar-refractivity contribution in [3.05, 3.63) is 20.7 Å². The molecule has 3 rings (SSSR count). The zero-order chi connectivity index (χ0) is 8.29. The molecule has 6 nitrogen and oxygen atoms in total. The molecule has 0 aliphatic rings. The maximum absolute atomic E-state index is 10.7. The summed E-state index contributed by atoms with van der Waals surface area (Å²) >= 11 is 0. The quantitative estimate of drug-likeness (QED) is 0.491. The lowest BCUT2D eigenvalue weighted by Gasteiger charge is -2.02.